The first-order chi connectivity index (χ1) is 9.13. The highest BCUT2D eigenvalue weighted by Crippen LogP contribution is 2.20. The Morgan fingerprint density at radius 1 is 1.16 bits per heavy atom. The third kappa shape index (κ3) is 2.38. The van der Waals surface area contributed by atoms with Crippen molar-refractivity contribution in [2.24, 2.45) is 0 Å². The summed E-state index contributed by atoms with van der Waals surface area (Å²) in [6.45, 7) is 0. The monoisotopic (exact) mass is 322 g/mol. The Bertz CT molecular complexity index is 752. The summed E-state index contributed by atoms with van der Waals surface area (Å²) >= 11 is 3.37. The molecule has 0 aliphatic carbocycles. The predicted octanol–water partition coefficient (Wildman–Crippen LogP) is 4.19. The molecule has 1 N–H and O–H groups in total. The van der Waals surface area contributed by atoms with E-state index in [9.17, 15) is 8.78 Å². The number of H-pyrrole nitrogens is 1. The first-order valence-electron chi connectivity index (χ1n) is 5.70. The molecule has 0 fully saturated rings. The number of halogens is 3. The van der Waals surface area contributed by atoms with E-state index in [-0.39, 0.29) is 12.0 Å². The molecule has 1 heterocycles. The van der Waals surface area contributed by atoms with Gasteiger partial charge in [0.15, 0.2) is 11.6 Å². The van der Waals surface area contributed by atoms with E-state index in [2.05, 4.69) is 25.9 Å². The Hall–Kier alpha value is -1.75. The van der Waals surface area contributed by atoms with Gasteiger partial charge in [-0.25, -0.2) is 13.8 Å². The van der Waals surface area contributed by atoms with Gasteiger partial charge >= 0.3 is 0 Å². The summed E-state index contributed by atoms with van der Waals surface area (Å²) in [5.41, 5.74) is 1.95. The molecule has 1 aromatic heterocycles. The van der Waals surface area contributed by atoms with Crippen LogP contribution in [0.3, 0.4) is 0 Å². The third-order valence-electron chi connectivity index (χ3n) is 2.88. The zero-order valence-electron chi connectivity index (χ0n) is 9.75. The minimum atomic E-state index is -0.837. The number of aromatic amines is 1. The van der Waals surface area contributed by atoms with Crippen molar-refractivity contribution in [3.8, 4) is 0 Å². The van der Waals surface area contributed by atoms with Crippen molar-refractivity contribution in [1.82, 2.24) is 9.97 Å². The minimum absolute atomic E-state index is 0.232. The molecule has 0 bridgehead atoms. The highest BCUT2D eigenvalue weighted by molar-refractivity contribution is 9.10. The first-order valence-corrected chi connectivity index (χ1v) is 6.50. The molecular formula is C14H9BrF2N2. The predicted molar refractivity (Wildman–Crippen MR) is 73.0 cm³/mol. The molecule has 19 heavy (non-hydrogen) atoms. The van der Waals surface area contributed by atoms with Crippen molar-refractivity contribution < 1.29 is 8.78 Å². The zero-order valence-corrected chi connectivity index (χ0v) is 11.3. The highest BCUT2D eigenvalue weighted by Gasteiger charge is 2.10. The van der Waals surface area contributed by atoms with Crippen LogP contribution in [0.2, 0.25) is 0 Å². The summed E-state index contributed by atoms with van der Waals surface area (Å²) in [7, 11) is 0. The summed E-state index contributed by atoms with van der Waals surface area (Å²) in [6.07, 6.45) is 0.232. The van der Waals surface area contributed by atoms with Gasteiger partial charge in [-0.1, -0.05) is 28.1 Å². The Kier molecular flexibility index (Phi) is 3.06. The number of benzene rings is 2. The summed E-state index contributed by atoms with van der Waals surface area (Å²) in [5.74, 6) is -1.04. The highest BCUT2D eigenvalue weighted by atomic mass is 79.9. The van der Waals surface area contributed by atoms with Crippen molar-refractivity contribution in [2.75, 3.05) is 0 Å². The molecule has 0 radical (unpaired) electrons. The molecule has 3 aromatic rings. The first kappa shape index (κ1) is 12.3. The van der Waals surface area contributed by atoms with Crippen molar-refractivity contribution in [3.63, 3.8) is 0 Å². The number of nitrogens with zero attached hydrogens (tertiary/aromatic N) is 1. The van der Waals surface area contributed by atoms with Crippen LogP contribution in [-0.4, -0.2) is 9.97 Å². The number of hydrogen-bond donors (Lipinski definition) is 1. The van der Waals surface area contributed by atoms with E-state index in [0.717, 1.165) is 21.6 Å². The summed E-state index contributed by atoms with van der Waals surface area (Å²) < 4.78 is 27.6. The molecule has 0 saturated heterocycles. The standard InChI is InChI=1S/C14H9BrF2N2/c15-9-4-5-11-12(7-9)19-13(18-11)6-8-2-1-3-10(16)14(8)17/h1-5,7H,6H2,(H,18,19). The molecule has 0 atom stereocenters. The molecule has 0 aliphatic rings. The van der Waals surface area contributed by atoms with Gasteiger partial charge in [0.05, 0.1) is 11.0 Å². The lowest BCUT2D eigenvalue weighted by Crippen LogP contribution is -1.97. The van der Waals surface area contributed by atoms with Crippen LogP contribution in [0.5, 0.6) is 0 Å². The average Bonchev–Trinajstić information content (AvgIpc) is 2.76. The average molecular weight is 323 g/mol. The summed E-state index contributed by atoms with van der Waals surface area (Å²) in [4.78, 5) is 7.46. The Balaban J connectivity index is 1.99. The molecule has 0 aliphatic heterocycles. The minimum Gasteiger partial charge on any atom is -0.342 e. The van der Waals surface area contributed by atoms with E-state index in [0.29, 0.717) is 5.82 Å². The van der Waals surface area contributed by atoms with Gasteiger partial charge in [-0.05, 0) is 29.8 Å². The van der Waals surface area contributed by atoms with Gasteiger partial charge in [-0.2, -0.15) is 0 Å². The molecule has 0 spiro atoms. The van der Waals surface area contributed by atoms with Gasteiger partial charge < -0.3 is 4.98 Å². The smallest absolute Gasteiger partial charge is 0.162 e. The lowest BCUT2D eigenvalue weighted by molar-refractivity contribution is 0.500. The second-order valence-corrected chi connectivity index (χ2v) is 5.15. The molecule has 0 saturated carbocycles. The maximum absolute atomic E-state index is 13.6. The van der Waals surface area contributed by atoms with E-state index in [1.165, 1.54) is 6.07 Å². The van der Waals surface area contributed by atoms with Crippen molar-refractivity contribution >= 4 is 27.0 Å². The zero-order chi connectivity index (χ0) is 13.4. The van der Waals surface area contributed by atoms with Gasteiger partial charge in [-0.3, -0.25) is 0 Å². The fourth-order valence-electron chi connectivity index (χ4n) is 1.98. The fourth-order valence-corrected chi connectivity index (χ4v) is 2.34. The molecular weight excluding hydrogens is 314 g/mol. The van der Waals surface area contributed by atoms with E-state index < -0.39 is 11.6 Å². The van der Waals surface area contributed by atoms with E-state index in [1.807, 2.05) is 18.2 Å². The van der Waals surface area contributed by atoms with Crippen LogP contribution in [0.15, 0.2) is 40.9 Å². The molecule has 0 amide bonds. The second-order valence-electron chi connectivity index (χ2n) is 4.23. The number of imidazole rings is 1. The quantitative estimate of drug-likeness (QED) is 0.752. The van der Waals surface area contributed by atoms with Crippen LogP contribution in [0, 0.1) is 11.6 Å². The Morgan fingerprint density at radius 3 is 2.84 bits per heavy atom. The lowest BCUT2D eigenvalue weighted by atomic mass is 10.1. The molecule has 2 aromatic carbocycles. The number of rotatable bonds is 2. The van der Waals surface area contributed by atoms with Crippen LogP contribution < -0.4 is 0 Å². The van der Waals surface area contributed by atoms with Gasteiger partial charge in [-0.15, -0.1) is 0 Å². The van der Waals surface area contributed by atoms with Crippen LogP contribution >= 0.6 is 15.9 Å². The van der Waals surface area contributed by atoms with Gasteiger partial charge in [0.25, 0.3) is 0 Å². The molecule has 96 valence electrons. The molecule has 2 nitrogen and oxygen atoms in total. The van der Waals surface area contributed by atoms with Gasteiger partial charge in [0.2, 0.25) is 0 Å². The van der Waals surface area contributed by atoms with Crippen molar-refractivity contribution in [3.05, 3.63) is 63.9 Å². The van der Waals surface area contributed by atoms with E-state index in [4.69, 9.17) is 0 Å². The molecule has 0 unspecified atom stereocenters. The fraction of sp³-hybridized carbons (Fsp3) is 0.0714. The van der Waals surface area contributed by atoms with Crippen molar-refractivity contribution in [2.45, 2.75) is 6.42 Å². The van der Waals surface area contributed by atoms with Gasteiger partial charge in [0.1, 0.15) is 5.82 Å². The number of fused-ring (bicyclic) bond motifs is 1. The molecule has 3 rings (SSSR count). The SMILES string of the molecule is Fc1cccc(Cc2nc3ccc(Br)cc3[nH]2)c1F. The normalized spacial score (nSPS) is 11.1. The van der Waals surface area contributed by atoms with Crippen molar-refractivity contribution in [1.29, 1.82) is 0 Å². The number of hydrogen-bond acceptors (Lipinski definition) is 1. The number of aromatic nitrogens is 2. The Labute approximate surface area is 116 Å². The largest absolute Gasteiger partial charge is 0.342 e. The summed E-state index contributed by atoms with van der Waals surface area (Å²) in [6, 6.07) is 9.80. The molecule has 5 heteroatoms. The second kappa shape index (κ2) is 4.74. The Morgan fingerprint density at radius 2 is 2.00 bits per heavy atom. The van der Waals surface area contributed by atoms with Crippen LogP contribution in [0.1, 0.15) is 11.4 Å². The van der Waals surface area contributed by atoms with Crippen LogP contribution in [-0.2, 0) is 6.42 Å². The third-order valence-corrected chi connectivity index (χ3v) is 3.38. The van der Waals surface area contributed by atoms with E-state index in [1.54, 1.807) is 6.07 Å². The summed E-state index contributed by atoms with van der Waals surface area (Å²) in [5, 5.41) is 0. The van der Waals surface area contributed by atoms with Crippen LogP contribution in [0.25, 0.3) is 11.0 Å². The maximum atomic E-state index is 13.6. The maximum Gasteiger partial charge on any atom is 0.162 e. The van der Waals surface area contributed by atoms with Gasteiger partial charge in [0, 0.05) is 10.9 Å². The van der Waals surface area contributed by atoms with Crippen LogP contribution in [0.4, 0.5) is 8.78 Å². The van der Waals surface area contributed by atoms with E-state index >= 15 is 0 Å². The number of nitrogens with one attached hydrogen (secondary N) is 1. The topological polar surface area (TPSA) is 28.7 Å². The lowest BCUT2D eigenvalue weighted by Gasteiger charge is -2.01.